The van der Waals surface area contributed by atoms with Gasteiger partial charge >= 0.3 is 5.63 Å². The smallest absolute Gasteiger partial charge is 0.341 e. The van der Waals surface area contributed by atoms with E-state index in [0.29, 0.717) is 16.0 Å². The minimum absolute atomic E-state index is 0.236. The number of halogens is 1. The molecule has 3 nitrogen and oxygen atoms in total. The fourth-order valence-electron chi connectivity index (χ4n) is 1.25. The van der Waals surface area contributed by atoms with Crippen molar-refractivity contribution in [1.29, 1.82) is 0 Å². The molecule has 0 fully saturated rings. The minimum Gasteiger partial charge on any atom is -0.422 e. The molecule has 0 spiro atoms. The monoisotopic (exact) mass is 210 g/mol. The Morgan fingerprint density at radius 3 is 2.86 bits per heavy atom. The summed E-state index contributed by atoms with van der Waals surface area (Å²) in [5.41, 5.74) is 0.193. The summed E-state index contributed by atoms with van der Waals surface area (Å²) in [6.07, 6.45) is 0. The first kappa shape index (κ1) is 9.24. The standard InChI is InChI=1S/C10H7ClO3/c11-8-1-2-9-6(4-8)3-7(5-12)10(13)14-9/h1-4,12H,5H2. The molecule has 4 heteroatoms. The highest BCUT2D eigenvalue weighted by Gasteiger charge is 2.03. The molecule has 2 rings (SSSR count). The number of aliphatic hydroxyl groups excluding tert-OH is 1. The van der Waals surface area contributed by atoms with Gasteiger partial charge in [0.05, 0.1) is 12.2 Å². The van der Waals surface area contributed by atoms with Crippen molar-refractivity contribution in [3.63, 3.8) is 0 Å². The predicted octanol–water partition coefficient (Wildman–Crippen LogP) is 1.94. The number of aliphatic hydroxyl groups is 1. The van der Waals surface area contributed by atoms with E-state index in [2.05, 4.69) is 0 Å². The molecule has 1 aromatic heterocycles. The summed E-state index contributed by atoms with van der Waals surface area (Å²) in [6, 6.07) is 6.53. The molecular formula is C10H7ClO3. The van der Waals surface area contributed by atoms with Crippen LogP contribution in [0.4, 0.5) is 0 Å². The Hall–Kier alpha value is -1.32. The van der Waals surface area contributed by atoms with Gasteiger partial charge in [-0.3, -0.25) is 0 Å². The number of fused-ring (bicyclic) bond motifs is 1. The normalized spacial score (nSPS) is 10.7. The molecule has 0 atom stereocenters. The summed E-state index contributed by atoms with van der Waals surface area (Å²) in [5, 5.41) is 10.1. The fourth-order valence-corrected chi connectivity index (χ4v) is 1.43. The molecule has 0 amide bonds. The quantitative estimate of drug-likeness (QED) is 0.732. The van der Waals surface area contributed by atoms with Crippen LogP contribution in [0.2, 0.25) is 5.02 Å². The second-order valence-corrected chi connectivity index (χ2v) is 3.34. The number of benzene rings is 1. The van der Waals surface area contributed by atoms with Crippen LogP contribution in [0.25, 0.3) is 11.0 Å². The van der Waals surface area contributed by atoms with Crippen molar-refractivity contribution in [2.45, 2.75) is 6.61 Å². The Kier molecular flexibility index (Phi) is 2.27. The lowest BCUT2D eigenvalue weighted by molar-refractivity contribution is 0.276. The van der Waals surface area contributed by atoms with Crippen molar-refractivity contribution < 1.29 is 9.52 Å². The molecule has 0 radical (unpaired) electrons. The first-order valence-corrected chi connectivity index (χ1v) is 4.41. The lowest BCUT2D eigenvalue weighted by Crippen LogP contribution is -2.06. The van der Waals surface area contributed by atoms with Crippen molar-refractivity contribution in [3.05, 3.63) is 45.3 Å². The topological polar surface area (TPSA) is 50.4 Å². The summed E-state index contributed by atoms with van der Waals surface area (Å²) in [7, 11) is 0. The van der Waals surface area contributed by atoms with Gasteiger partial charge in [-0.2, -0.15) is 0 Å². The van der Waals surface area contributed by atoms with Gasteiger partial charge in [-0.25, -0.2) is 4.79 Å². The summed E-state index contributed by atoms with van der Waals surface area (Å²) in [4.78, 5) is 11.2. The third kappa shape index (κ3) is 1.52. The van der Waals surface area contributed by atoms with Crippen molar-refractivity contribution in [3.8, 4) is 0 Å². The lowest BCUT2D eigenvalue weighted by atomic mass is 10.2. The molecule has 14 heavy (non-hydrogen) atoms. The lowest BCUT2D eigenvalue weighted by Gasteiger charge is -1.99. The Morgan fingerprint density at radius 1 is 1.36 bits per heavy atom. The van der Waals surface area contributed by atoms with Gasteiger partial charge in [-0.15, -0.1) is 0 Å². The van der Waals surface area contributed by atoms with Crippen molar-refractivity contribution in [2.75, 3.05) is 0 Å². The van der Waals surface area contributed by atoms with Crippen molar-refractivity contribution in [1.82, 2.24) is 0 Å². The SMILES string of the molecule is O=c1oc2ccc(Cl)cc2cc1CO. The van der Waals surface area contributed by atoms with Crippen LogP contribution < -0.4 is 5.63 Å². The van der Waals surface area contributed by atoms with Gasteiger partial charge < -0.3 is 9.52 Å². The van der Waals surface area contributed by atoms with E-state index in [4.69, 9.17) is 21.1 Å². The third-order valence-electron chi connectivity index (χ3n) is 1.94. The van der Waals surface area contributed by atoms with Crippen molar-refractivity contribution in [2.24, 2.45) is 0 Å². The van der Waals surface area contributed by atoms with Crippen LogP contribution >= 0.6 is 11.6 Å². The van der Waals surface area contributed by atoms with E-state index in [1.54, 1.807) is 24.3 Å². The van der Waals surface area contributed by atoms with E-state index in [0.717, 1.165) is 0 Å². The number of rotatable bonds is 1. The molecule has 1 aromatic carbocycles. The molecule has 0 saturated heterocycles. The van der Waals surface area contributed by atoms with Crippen LogP contribution in [-0.2, 0) is 6.61 Å². The maximum absolute atomic E-state index is 11.2. The average Bonchev–Trinajstić information content (AvgIpc) is 2.17. The Balaban J connectivity index is 2.80. The van der Waals surface area contributed by atoms with E-state index in [1.807, 2.05) is 0 Å². The largest absolute Gasteiger partial charge is 0.422 e. The summed E-state index contributed by atoms with van der Waals surface area (Å²) >= 11 is 5.77. The van der Waals surface area contributed by atoms with Gasteiger partial charge in [0.25, 0.3) is 0 Å². The maximum atomic E-state index is 11.2. The van der Waals surface area contributed by atoms with Crippen LogP contribution in [0.1, 0.15) is 5.56 Å². The van der Waals surface area contributed by atoms with Crippen LogP contribution in [-0.4, -0.2) is 5.11 Å². The molecule has 2 aromatic rings. The minimum atomic E-state index is -0.512. The van der Waals surface area contributed by atoms with Gasteiger partial charge in [0.1, 0.15) is 5.58 Å². The highest BCUT2D eigenvalue weighted by Crippen LogP contribution is 2.18. The van der Waals surface area contributed by atoms with E-state index in [-0.39, 0.29) is 12.2 Å². The molecule has 0 aliphatic heterocycles. The molecule has 72 valence electrons. The second-order valence-electron chi connectivity index (χ2n) is 2.90. The predicted molar refractivity (Wildman–Crippen MR) is 53.4 cm³/mol. The van der Waals surface area contributed by atoms with E-state index in [1.165, 1.54) is 0 Å². The number of hydrogen-bond donors (Lipinski definition) is 1. The van der Waals surface area contributed by atoms with Gasteiger partial charge in [-0.1, -0.05) is 11.6 Å². The Labute approximate surface area is 84.5 Å². The van der Waals surface area contributed by atoms with Crippen LogP contribution in [0.3, 0.4) is 0 Å². The maximum Gasteiger partial charge on any atom is 0.341 e. The first-order chi connectivity index (χ1) is 6.70. The third-order valence-corrected chi connectivity index (χ3v) is 2.17. The van der Waals surface area contributed by atoms with Crippen LogP contribution in [0, 0.1) is 0 Å². The molecule has 0 unspecified atom stereocenters. The van der Waals surface area contributed by atoms with Crippen LogP contribution in [0.5, 0.6) is 0 Å². The van der Waals surface area contributed by atoms with Crippen molar-refractivity contribution >= 4 is 22.6 Å². The summed E-state index contributed by atoms with van der Waals surface area (Å²) in [5.74, 6) is 0. The molecule has 1 heterocycles. The average molecular weight is 211 g/mol. The van der Waals surface area contributed by atoms with E-state index in [9.17, 15) is 4.79 Å². The highest BCUT2D eigenvalue weighted by molar-refractivity contribution is 6.31. The van der Waals surface area contributed by atoms with Gasteiger partial charge in [-0.05, 0) is 24.3 Å². The second kappa shape index (κ2) is 3.44. The van der Waals surface area contributed by atoms with Gasteiger partial charge in [0.15, 0.2) is 0 Å². The number of hydrogen-bond acceptors (Lipinski definition) is 3. The molecule has 0 bridgehead atoms. The van der Waals surface area contributed by atoms with Crippen LogP contribution in [0.15, 0.2) is 33.5 Å². The Morgan fingerprint density at radius 2 is 2.14 bits per heavy atom. The zero-order chi connectivity index (χ0) is 10.1. The molecule has 1 N–H and O–H groups in total. The summed E-state index contributed by atoms with van der Waals surface area (Å²) < 4.78 is 4.96. The van der Waals surface area contributed by atoms with Gasteiger partial charge in [0, 0.05) is 10.4 Å². The molecular weight excluding hydrogens is 204 g/mol. The highest BCUT2D eigenvalue weighted by atomic mass is 35.5. The van der Waals surface area contributed by atoms with E-state index < -0.39 is 5.63 Å². The fraction of sp³-hybridized carbons (Fsp3) is 0.100. The first-order valence-electron chi connectivity index (χ1n) is 4.04. The van der Waals surface area contributed by atoms with E-state index >= 15 is 0 Å². The Bertz CT molecular complexity index is 530. The molecule has 0 aliphatic carbocycles. The zero-order valence-corrected chi connectivity index (χ0v) is 7.91. The zero-order valence-electron chi connectivity index (χ0n) is 7.16. The molecule has 0 aliphatic rings. The summed E-state index contributed by atoms with van der Waals surface area (Å²) in [6.45, 7) is -0.329. The molecule has 0 saturated carbocycles. The van der Waals surface area contributed by atoms with Gasteiger partial charge in [0.2, 0.25) is 0 Å².